The van der Waals surface area contributed by atoms with Crippen molar-refractivity contribution in [2.75, 3.05) is 0 Å². The van der Waals surface area contributed by atoms with E-state index in [1.807, 2.05) is 36.4 Å². The Hall–Kier alpha value is -3.85. The van der Waals surface area contributed by atoms with E-state index in [1.54, 1.807) is 36.4 Å². The maximum atomic E-state index is 13.3. The molecule has 2 amide bonds. The van der Waals surface area contributed by atoms with Crippen LogP contribution >= 0.6 is 17.0 Å². The normalized spacial score (nSPS) is 10.8. The molecule has 1 radical (unpaired) electrons. The first-order chi connectivity index (χ1) is 25.8. The number of hydrogen-bond acceptors (Lipinski definition) is 2. The molecule has 0 aliphatic carbocycles. The molecule has 0 aromatic heterocycles. The van der Waals surface area contributed by atoms with Crippen molar-refractivity contribution in [2.45, 2.75) is 51.9 Å². The van der Waals surface area contributed by atoms with Gasteiger partial charge in [0.1, 0.15) is 0 Å². The number of carbonyl (C=O) groups is 2. The van der Waals surface area contributed by atoms with Crippen molar-refractivity contribution in [1.82, 2.24) is 10.5 Å². The standard InChI is InChI=1S/2C19H16F3.C2H4BN2O2.2ClH.Zr/c2*1-2-6-13-11-14-7-5-9-15(17(14)12-13)16-8-3-4-10-18(16)19(20,21)22;6-1-4-3-5-2-7;;;/h2*3-5,7-12H,2,6H2,1H3;1-2H,(H,4,6)(H,5,7);2*1H;/q2*-1;;;;+4/p-2. The Morgan fingerprint density at radius 3 is 1.30 bits per heavy atom. The van der Waals surface area contributed by atoms with Crippen molar-refractivity contribution in [3.05, 3.63) is 131 Å². The summed E-state index contributed by atoms with van der Waals surface area (Å²) < 4.78 is 79.6. The van der Waals surface area contributed by atoms with Crippen LogP contribution < -0.4 is 10.5 Å². The SMILES string of the molecule is CCCc1cc2c(-c3ccccc3C(F)(F)F)cccc2[cH-]1.CCCc1cc2c(-c3ccccc3C(F)(F)F)cccc2[cH-]1.O=CN[B]NC=O.[Cl][Zr+2][Cl]. The van der Waals surface area contributed by atoms with Gasteiger partial charge >= 0.3 is 57.8 Å². The summed E-state index contributed by atoms with van der Waals surface area (Å²) in [6, 6.07) is 30.8. The number of hydrogen-bond donors (Lipinski definition) is 2. The van der Waals surface area contributed by atoms with E-state index in [1.165, 1.54) is 23.3 Å². The number of fused-ring (bicyclic) bond motifs is 2. The van der Waals surface area contributed by atoms with E-state index < -0.39 is 44.3 Å². The van der Waals surface area contributed by atoms with Crippen molar-refractivity contribution in [3.63, 3.8) is 0 Å². The summed E-state index contributed by atoms with van der Waals surface area (Å²) >= 11 is -0.826. The molecule has 0 heterocycles. The predicted octanol–water partition coefficient (Wildman–Crippen LogP) is 11.8. The van der Waals surface area contributed by atoms with Crippen LogP contribution in [0.15, 0.2) is 109 Å². The van der Waals surface area contributed by atoms with Crippen molar-refractivity contribution in [1.29, 1.82) is 0 Å². The summed E-state index contributed by atoms with van der Waals surface area (Å²) in [5.74, 6) is 0. The average Bonchev–Trinajstić information content (AvgIpc) is 3.76. The number of halogens is 8. The number of rotatable bonds is 10. The van der Waals surface area contributed by atoms with Gasteiger partial charge < -0.3 is 10.5 Å². The molecule has 0 fully saturated rings. The van der Waals surface area contributed by atoms with E-state index in [9.17, 15) is 35.9 Å². The molecule has 0 aliphatic heterocycles. The zero-order valence-electron chi connectivity index (χ0n) is 29.3. The molecule has 0 bridgehead atoms. The molecule has 0 unspecified atom stereocenters. The number of nitrogens with one attached hydrogen (secondary N) is 2. The molecule has 54 heavy (non-hydrogen) atoms. The molecule has 2 N–H and O–H groups in total. The van der Waals surface area contributed by atoms with E-state index in [2.05, 4.69) is 36.4 Å². The second-order valence-corrected chi connectivity index (χ2v) is 15.4. The fourth-order valence-electron chi connectivity index (χ4n) is 5.98. The second kappa shape index (κ2) is 21.9. The van der Waals surface area contributed by atoms with Gasteiger partial charge in [-0.15, -0.1) is 69.1 Å². The van der Waals surface area contributed by atoms with E-state index in [0.29, 0.717) is 23.9 Å². The molecule has 4 nitrogen and oxygen atoms in total. The fourth-order valence-corrected chi connectivity index (χ4v) is 5.98. The summed E-state index contributed by atoms with van der Waals surface area (Å²) in [5.41, 5.74) is 2.97. The van der Waals surface area contributed by atoms with Crippen LogP contribution in [-0.4, -0.2) is 20.4 Å². The first-order valence-corrected chi connectivity index (χ1v) is 23.0. The minimum atomic E-state index is -4.35. The Kier molecular flexibility index (Phi) is 18.1. The van der Waals surface area contributed by atoms with Gasteiger partial charge in [-0.3, -0.25) is 9.59 Å². The zero-order chi connectivity index (χ0) is 39.7. The van der Waals surface area contributed by atoms with E-state index in [-0.39, 0.29) is 11.1 Å². The van der Waals surface area contributed by atoms with Gasteiger partial charge in [0.2, 0.25) is 0 Å². The Bertz CT molecular complexity index is 1940. The van der Waals surface area contributed by atoms with Crippen LogP contribution in [0.5, 0.6) is 0 Å². The predicted molar refractivity (Wildman–Crippen MR) is 204 cm³/mol. The average molecular weight is 864 g/mol. The summed E-state index contributed by atoms with van der Waals surface area (Å²) in [5, 5.41) is 7.98. The molecular weight excluding hydrogens is 827 g/mol. The molecule has 6 aromatic carbocycles. The number of alkyl halides is 6. The monoisotopic (exact) mass is 861 g/mol. The summed E-state index contributed by atoms with van der Waals surface area (Å²) in [6.45, 7) is 4.19. The molecule has 0 saturated carbocycles. The van der Waals surface area contributed by atoms with Gasteiger partial charge in [-0.2, -0.15) is 38.5 Å². The van der Waals surface area contributed by atoms with Crippen LogP contribution in [0.2, 0.25) is 0 Å². The third-order valence-corrected chi connectivity index (χ3v) is 8.05. The third kappa shape index (κ3) is 12.6. The van der Waals surface area contributed by atoms with Crippen molar-refractivity contribution in [3.8, 4) is 22.3 Å². The maximum absolute atomic E-state index is 13.3. The molecular formula is C40H36BCl2F6N2O2Zr. The van der Waals surface area contributed by atoms with Crippen molar-refractivity contribution < 1.29 is 56.8 Å². The quantitative estimate of drug-likeness (QED) is 0.0474. The van der Waals surface area contributed by atoms with Gasteiger partial charge in [-0.1, -0.05) is 86.3 Å². The summed E-state index contributed by atoms with van der Waals surface area (Å²) in [4.78, 5) is 18.8. The first kappa shape index (κ1) is 44.5. The fraction of sp³-hybridized carbons (Fsp3) is 0.200. The van der Waals surface area contributed by atoms with Gasteiger partial charge in [-0.05, 0) is 36.1 Å². The minimum absolute atomic E-state index is 0.245. The van der Waals surface area contributed by atoms with Crippen LogP contribution in [0.25, 0.3) is 43.8 Å². The van der Waals surface area contributed by atoms with E-state index in [4.69, 9.17) is 17.0 Å². The molecule has 0 spiro atoms. The van der Waals surface area contributed by atoms with Crippen molar-refractivity contribution >= 4 is 58.9 Å². The molecule has 6 aromatic rings. The summed E-state index contributed by atoms with van der Waals surface area (Å²) in [6.07, 6.45) is -3.87. The van der Waals surface area contributed by atoms with Crippen LogP contribution in [-0.2, 0) is 55.6 Å². The molecule has 0 saturated heterocycles. The molecule has 281 valence electrons. The topological polar surface area (TPSA) is 58.2 Å². The second-order valence-electron chi connectivity index (χ2n) is 11.7. The summed E-state index contributed by atoms with van der Waals surface area (Å²) in [7, 11) is 11.0. The Morgan fingerprint density at radius 2 is 0.963 bits per heavy atom. The first-order valence-electron chi connectivity index (χ1n) is 16.7. The Labute approximate surface area is 329 Å². The Balaban J connectivity index is 0.000000233. The third-order valence-electron chi connectivity index (χ3n) is 8.05. The van der Waals surface area contributed by atoms with Crippen LogP contribution in [0.1, 0.15) is 48.9 Å². The number of carbonyl (C=O) groups excluding carboxylic acids is 2. The molecule has 0 aliphatic rings. The van der Waals surface area contributed by atoms with Crippen LogP contribution in [0, 0.1) is 0 Å². The van der Waals surface area contributed by atoms with Crippen LogP contribution in [0.3, 0.4) is 0 Å². The van der Waals surface area contributed by atoms with E-state index in [0.717, 1.165) is 66.9 Å². The molecule has 14 heteroatoms. The number of aryl methyl sites for hydroxylation is 2. The van der Waals surface area contributed by atoms with Gasteiger partial charge in [0.25, 0.3) is 0 Å². The van der Waals surface area contributed by atoms with Gasteiger partial charge in [0, 0.05) is 0 Å². The molecule has 6 rings (SSSR count). The number of amides is 2. The van der Waals surface area contributed by atoms with E-state index >= 15 is 0 Å². The molecule has 0 atom stereocenters. The van der Waals surface area contributed by atoms with Gasteiger partial charge in [0.05, 0.1) is 11.1 Å². The Morgan fingerprint density at radius 1 is 0.611 bits per heavy atom. The number of benzene rings is 4. The van der Waals surface area contributed by atoms with Crippen LogP contribution in [0.4, 0.5) is 26.3 Å². The van der Waals surface area contributed by atoms with Gasteiger partial charge in [-0.25, -0.2) is 0 Å². The van der Waals surface area contributed by atoms with Gasteiger partial charge in [0.15, 0.2) is 12.8 Å². The van der Waals surface area contributed by atoms with Crippen molar-refractivity contribution in [2.24, 2.45) is 0 Å². The zero-order valence-corrected chi connectivity index (χ0v) is 33.3.